The summed E-state index contributed by atoms with van der Waals surface area (Å²) in [5.74, 6) is -0.742. The number of rotatable bonds is 6. The summed E-state index contributed by atoms with van der Waals surface area (Å²) in [5.41, 5.74) is 0.498. The van der Waals surface area contributed by atoms with Gasteiger partial charge in [0.05, 0.1) is 11.5 Å². The summed E-state index contributed by atoms with van der Waals surface area (Å²) in [6.07, 6.45) is 1.36. The minimum absolute atomic E-state index is 0.0107. The van der Waals surface area contributed by atoms with Crippen molar-refractivity contribution in [3.05, 3.63) is 69.4 Å². The third-order valence-electron chi connectivity index (χ3n) is 3.77. The van der Waals surface area contributed by atoms with Gasteiger partial charge in [0.2, 0.25) is 11.6 Å². The second-order valence-corrected chi connectivity index (χ2v) is 5.87. The molecule has 0 amide bonds. The highest BCUT2D eigenvalue weighted by molar-refractivity contribution is 6.12. The van der Waals surface area contributed by atoms with Crippen LogP contribution in [0.25, 0.3) is 6.08 Å². The molecule has 29 heavy (non-hydrogen) atoms. The van der Waals surface area contributed by atoms with Gasteiger partial charge in [-0.3, -0.25) is 14.9 Å². The van der Waals surface area contributed by atoms with Crippen molar-refractivity contribution < 1.29 is 28.7 Å². The van der Waals surface area contributed by atoms with E-state index >= 15 is 0 Å². The second-order valence-electron chi connectivity index (χ2n) is 5.87. The Bertz CT molecular complexity index is 1040. The van der Waals surface area contributed by atoms with Crippen LogP contribution in [0.15, 0.2) is 53.2 Å². The highest BCUT2D eigenvalue weighted by Crippen LogP contribution is 2.30. The number of carbonyl (C=O) groups excluding carboxylic acids is 2. The van der Waals surface area contributed by atoms with E-state index in [0.29, 0.717) is 23.5 Å². The zero-order valence-corrected chi connectivity index (χ0v) is 15.6. The van der Waals surface area contributed by atoms with Gasteiger partial charge in [-0.1, -0.05) is 6.07 Å². The van der Waals surface area contributed by atoms with E-state index in [0.717, 1.165) is 6.92 Å². The van der Waals surface area contributed by atoms with E-state index < -0.39 is 22.5 Å². The van der Waals surface area contributed by atoms with Gasteiger partial charge in [-0.25, -0.2) is 9.79 Å². The SMILES string of the molecule is CCOc1ccc(C2=N/C(=C\c3ccc(OC(C)=O)c([N+](=O)[O-])c3)C(=O)O2)cc1. The molecule has 0 saturated carbocycles. The Kier molecular flexibility index (Phi) is 5.68. The summed E-state index contributed by atoms with van der Waals surface area (Å²) >= 11 is 0. The number of esters is 2. The molecule has 0 radical (unpaired) electrons. The molecular weight excluding hydrogens is 380 g/mol. The van der Waals surface area contributed by atoms with Crippen molar-refractivity contribution in [2.45, 2.75) is 13.8 Å². The molecule has 1 aliphatic heterocycles. The lowest BCUT2D eigenvalue weighted by molar-refractivity contribution is -0.385. The van der Waals surface area contributed by atoms with Crippen molar-refractivity contribution in [3.8, 4) is 11.5 Å². The highest BCUT2D eigenvalue weighted by atomic mass is 16.6. The first-order valence-electron chi connectivity index (χ1n) is 8.60. The van der Waals surface area contributed by atoms with Gasteiger partial charge in [0.15, 0.2) is 5.70 Å². The average Bonchev–Trinajstić information content (AvgIpc) is 3.03. The quantitative estimate of drug-likeness (QED) is 0.242. The molecule has 0 fully saturated rings. The van der Waals surface area contributed by atoms with Crippen LogP contribution in [0.5, 0.6) is 11.5 Å². The normalized spacial score (nSPS) is 14.3. The molecule has 148 valence electrons. The molecule has 2 aromatic carbocycles. The third kappa shape index (κ3) is 4.64. The van der Waals surface area contributed by atoms with Crippen LogP contribution in [-0.2, 0) is 14.3 Å². The number of nitro benzene ring substituents is 1. The Balaban J connectivity index is 1.89. The molecule has 3 rings (SSSR count). The summed E-state index contributed by atoms with van der Waals surface area (Å²) in [4.78, 5) is 37.9. The molecule has 0 atom stereocenters. The molecule has 0 aromatic heterocycles. The lowest BCUT2D eigenvalue weighted by atomic mass is 10.1. The fourth-order valence-electron chi connectivity index (χ4n) is 2.56. The van der Waals surface area contributed by atoms with Gasteiger partial charge >= 0.3 is 17.6 Å². The predicted octanol–water partition coefficient (Wildman–Crippen LogP) is 3.26. The maximum atomic E-state index is 12.1. The molecular formula is C20H16N2O7. The lowest BCUT2D eigenvalue weighted by Gasteiger charge is -2.03. The minimum atomic E-state index is -0.680. The number of cyclic esters (lactones) is 1. The molecule has 0 aliphatic carbocycles. The largest absolute Gasteiger partial charge is 0.494 e. The van der Waals surface area contributed by atoms with E-state index in [1.54, 1.807) is 24.3 Å². The zero-order valence-electron chi connectivity index (χ0n) is 15.6. The lowest BCUT2D eigenvalue weighted by Crippen LogP contribution is -2.05. The van der Waals surface area contributed by atoms with E-state index in [1.165, 1.54) is 24.3 Å². The van der Waals surface area contributed by atoms with Crippen LogP contribution in [-0.4, -0.2) is 29.4 Å². The molecule has 0 bridgehead atoms. The average molecular weight is 396 g/mol. The van der Waals surface area contributed by atoms with Crippen molar-refractivity contribution in [1.29, 1.82) is 0 Å². The smallest absolute Gasteiger partial charge is 0.363 e. The van der Waals surface area contributed by atoms with Crippen molar-refractivity contribution in [1.82, 2.24) is 0 Å². The van der Waals surface area contributed by atoms with Crippen LogP contribution in [0.3, 0.4) is 0 Å². The number of nitrogens with zero attached hydrogens (tertiary/aromatic N) is 2. The number of hydrogen-bond acceptors (Lipinski definition) is 8. The third-order valence-corrected chi connectivity index (χ3v) is 3.77. The van der Waals surface area contributed by atoms with Gasteiger partial charge in [-0.2, -0.15) is 0 Å². The van der Waals surface area contributed by atoms with E-state index in [1.807, 2.05) is 6.92 Å². The monoisotopic (exact) mass is 396 g/mol. The first-order chi connectivity index (χ1) is 13.9. The van der Waals surface area contributed by atoms with Crippen molar-refractivity contribution in [2.24, 2.45) is 4.99 Å². The fraction of sp³-hybridized carbons (Fsp3) is 0.150. The van der Waals surface area contributed by atoms with Crippen LogP contribution in [0.4, 0.5) is 5.69 Å². The summed E-state index contributed by atoms with van der Waals surface area (Å²) in [6.45, 7) is 3.55. The number of nitro groups is 1. The second kappa shape index (κ2) is 8.34. The van der Waals surface area contributed by atoms with Crippen molar-refractivity contribution in [2.75, 3.05) is 6.61 Å². The van der Waals surface area contributed by atoms with Gasteiger partial charge in [0.25, 0.3) is 0 Å². The van der Waals surface area contributed by atoms with Crippen LogP contribution in [0.1, 0.15) is 25.0 Å². The van der Waals surface area contributed by atoms with Crippen molar-refractivity contribution in [3.63, 3.8) is 0 Å². The Labute approximate surface area is 165 Å². The molecule has 0 saturated heterocycles. The van der Waals surface area contributed by atoms with Crippen LogP contribution >= 0.6 is 0 Å². The summed E-state index contributed by atoms with van der Waals surface area (Å²) < 4.78 is 15.4. The first-order valence-corrected chi connectivity index (χ1v) is 8.60. The molecule has 9 heteroatoms. The number of carbonyl (C=O) groups is 2. The topological polar surface area (TPSA) is 117 Å². The van der Waals surface area contributed by atoms with E-state index in [9.17, 15) is 19.7 Å². The molecule has 1 aliphatic rings. The van der Waals surface area contributed by atoms with E-state index in [4.69, 9.17) is 14.2 Å². The number of aliphatic imine (C=N–C) groups is 1. The maximum absolute atomic E-state index is 12.1. The maximum Gasteiger partial charge on any atom is 0.363 e. The molecule has 1 heterocycles. The van der Waals surface area contributed by atoms with Gasteiger partial charge in [-0.05, 0) is 48.9 Å². The molecule has 2 aromatic rings. The zero-order chi connectivity index (χ0) is 21.0. The summed E-state index contributed by atoms with van der Waals surface area (Å²) in [7, 11) is 0. The van der Waals surface area contributed by atoms with Gasteiger partial charge in [0, 0.05) is 18.6 Å². The Hall–Kier alpha value is -4.01. The van der Waals surface area contributed by atoms with Gasteiger partial charge < -0.3 is 14.2 Å². The first kappa shape index (κ1) is 19.7. The van der Waals surface area contributed by atoms with Crippen LogP contribution in [0.2, 0.25) is 0 Å². The van der Waals surface area contributed by atoms with E-state index in [-0.39, 0.29) is 17.3 Å². The molecule has 0 N–H and O–H groups in total. The minimum Gasteiger partial charge on any atom is -0.494 e. The molecule has 0 unspecified atom stereocenters. The van der Waals surface area contributed by atoms with Gasteiger partial charge in [0.1, 0.15) is 5.75 Å². The number of ether oxygens (including phenoxy) is 3. The Morgan fingerprint density at radius 3 is 2.59 bits per heavy atom. The number of hydrogen-bond donors (Lipinski definition) is 0. The summed E-state index contributed by atoms with van der Waals surface area (Å²) in [6, 6.07) is 10.8. The Morgan fingerprint density at radius 1 is 1.24 bits per heavy atom. The van der Waals surface area contributed by atoms with Crippen molar-refractivity contribution >= 4 is 29.6 Å². The number of benzene rings is 2. The van der Waals surface area contributed by atoms with Crippen LogP contribution in [0, 0.1) is 10.1 Å². The molecule has 0 spiro atoms. The standard InChI is InChI=1S/C20H16N2O7/c1-3-27-15-7-5-14(6-8-15)19-21-16(20(24)29-19)10-13-4-9-18(28-12(2)23)17(11-13)22(25)26/h4-11H,3H2,1-2H3/b16-10-. The fourth-order valence-corrected chi connectivity index (χ4v) is 2.56. The van der Waals surface area contributed by atoms with E-state index in [2.05, 4.69) is 4.99 Å². The highest BCUT2D eigenvalue weighted by Gasteiger charge is 2.25. The van der Waals surface area contributed by atoms with Crippen LogP contribution < -0.4 is 9.47 Å². The summed E-state index contributed by atoms with van der Waals surface area (Å²) in [5, 5.41) is 11.2. The molecule has 9 nitrogen and oxygen atoms in total. The Morgan fingerprint density at radius 2 is 1.97 bits per heavy atom. The predicted molar refractivity (Wildman–Crippen MR) is 103 cm³/mol. The van der Waals surface area contributed by atoms with Gasteiger partial charge in [-0.15, -0.1) is 0 Å².